The number of phenolic OH excluding ortho intramolecular Hbond substituents is 1. The second kappa shape index (κ2) is 5.87. The predicted molar refractivity (Wildman–Crippen MR) is 65.4 cm³/mol. The number of benzene rings is 1. The summed E-state index contributed by atoms with van der Waals surface area (Å²) in [6.45, 7) is 6.81. The summed E-state index contributed by atoms with van der Waals surface area (Å²) in [4.78, 5) is 0. The molecule has 3 heteroatoms. The van der Waals surface area contributed by atoms with Crippen molar-refractivity contribution in [3.8, 4) is 5.75 Å². The minimum Gasteiger partial charge on any atom is -0.508 e. The molecular weight excluding hydrogens is 202 g/mol. The van der Waals surface area contributed by atoms with Crippen molar-refractivity contribution in [2.45, 2.75) is 33.4 Å². The number of aliphatic hydroxyl groups excluding tert-OH is 1. The number of aryl methyl sites for hydroxylation is 1. The van der Waals surface area contributed by atoms with E-state index in [0.717, 1.165) is 11.1 Å². The van der Waals surface area contributed by atoms with Gasteiger partial charge in [0.1, 0.15) is 5.75 Å². The lowest BCUT2D eigenvalue weighted by molar-refractivity contribution is 0.209. The molecule has 0 radical (unpaired) electrons. The second-order valence-corrected chi connectivity index (χ2v) is 4.55. The van der Waals surface area contributed by atoms with Gasteiger partial charge >= 0.3 is 0 Å². The van der Waals surface area contributed by atoms with Gasteiger partial charge in [-0.2, -0.15) is 0 Å². The number of nitrogens with one attached hydrogen (secondary N) is 1. The van der Waals surface area contributed by atoms with Crippen LogP contribution in [0.1, 0.15) is 25.0 Å². The molecule has 3 nitrogen and oxygen atoms in total. The monoisotopic (exact) mass is 223 g/mol. The second-order valence-electron chi connectivity index (χ2n) is 4.55. The SMILES string of the molecule is Cc1ccc(O)c(CNC(CO)C(C)C)c1. The lowest BCUT2D eigenvalue weighted by Crippen LogP contribution is -2.36. The van der Waals surface area contributed by atoms with Crippen LogP contribution in [0.5, 0.6) is 5.75 Å². The summed E-state index contributed by atoms with van der Waals surface area (Å²) in [6, 6.07) is 5.61. The Morgan fingerprint density at radius 2 is 2.00 bits per heavy atom. The van der Waals surface area contributed by atoms with E-state index in [9.17, 15) is 10.2 Å². The minimum absolute atomic E-state index is 0.0694. The first-order valence-corrected chi connectivity index (χ1v) is 5.67. The number of hydrogen-bond acceptors (Lipinski definition) is 3. The fourth-order valence-corrected chi connectivity index (χ4v) is 1.61. The predicted octanol–water partition coefficient (Wildman–Crippen LogP) is 1.81. The van der Waals surface area contributed by atoms with Crippen LogP contribution in [-0.2, 0) is 6.54 Å². The van der Waals surface area contributed by atoms with Gasteiger partial charge in [-0.3, -0.25) is 0 Å². The van der Waals surface area contributed by atoms with Crippen LogP contribution in [0.4, 0.5) is 0 Å². The number of rotatable bonds is 5. The molecule has 0 aliphatic rings. The molecule has 0 bridgehead atoms. The molecule has 0 aromatic heterocycles. The summed E-state index contributed by atoms with van der Waals surface area (Å²) < 4.78 is 0. The molecular formula is C13H21NO2. The van der Waals surface area contributed by atoms with Crippen LogP contribution in [0.25, 0.3) is 0 Å². The molecule has 1 unspecified atom stereocenters. The summed E-state index contributed by atoms with van der Waals surface area (Å²) in [5.74, 6) is 0.676. The molecule has 0 saturated carbocycles. The van der Waals surface area contributed by atoms with E-state index >= 15 is 0 Å². The number of aliphatic hydroxyl groups is 1. The van der Waals surface area contributed by atoms with E-state index in [-0.39, 0.29) is 12.6 Å². The molecule has 16 heavy (non-hydrogen) atoms. The van der Waals surface area contributed by atoms with Crippen molar-refractivity contribution in [3.05, 3.63) is 29.3 Å². The van der Waals surface area contributed by atoms with Crippen LogP contribution in [0, 0.1) is 12.8 Å². The summed E-state index contributed by atoms with van der Waals surface area (Å²) >= 11 is 0. The van der Waals surface area contributed by atoms with Crippen molar-refractivity contribution in [3.63, 3.8) is 0 Å². The Morgan fingerprint density at radius 1 is 1.31 bits per heavy atom. The quantitative estimate of drug-likeness (QED) is 0.713. The Labute approximate surface area is 97.1 Å². The number of hydrogen-bond donors (Lipinski definition) is 3. The topological polar surface area (TPSA) is 52.5 Å². The standard InChI is InChI=1S/C13H21NO2/c1-9(2)12(8-15)14-7-11-6-10(3)4-5-13(11)16/h4-6,9,12,14-16H,7-8H2,1-3H3. The van der Waals surface area contributed by atoms with E-state index in [1.54, 1.807) is 6.07 Å². The molecule has 0 heterocycles. The van der Waals surface area contributed by atoms with E-state index in [1.165, 1.54) is 0 Å². The van der Waals surface area contributed by atoms with E-state index < -0.39 is 0 Å². The van der Waals surface area contributed by atoms with Gasteiger partial charge in [-0.25, -0.2) is 0 Å². The highest BCUT2D eigenvalue weighted by Crippen LogP contribution is 2.18. The highest BCUT2D eigenvalue weighted by Gasteiger charge is 2.11. The van der Waals surface area contributed by atoms with Crippen molar-refractivity contribution in [2.75, 3.05) is 6.61 Å². The Hall–Kier alpha value is -1.06. The van der Waals surface area contributed by atoms with Gasteiger partial charge in [0.25, 0.3) is 0 Å². The average molecular weight is 223 g/mol. The molecule has 0 spiro atoms. The Morgan fingerprint density at radius 3 is 2.56 bits per heavy atom. The normalized spacial score (nSPS) is 13.1. The third-order valence-corrected chi connectivity index (χ3v) is 2.79. The van der Waals surface area contributed by atoms with Crippen LogP contribution >= 0.6 is 0 Å². The van der Waals surface area contributed by atoms with Crippen molar-refractivity contribution < 1.29 is 10.2 Å². The average Bonchev–Trinajstić information content (AvgIpc) is 2.23. The molecule has 0 fully saturated rings. The zero-order valence-electron chi connectivity index (χ0n) is 10.2. The Kier molecular flexibility index (Phi) is 4.77. The summed E-state index contributed by atoms with van der Waals surface area (Å²) in [5.41, 5.74) is 2.00. The van der Waals surface area contributed by atoms with E-state index in [1.807, 2.05) is 19.1 Å². The molecule has 90 valence electrons. The van der Waals surface area contributed by atoms with Crippen molar-refractivity contribution in [1.29, 1.82) is 0 Å². The third-order valence-electron chi connectivity index (χ3n) is 2.79. The van der Waals surface area contributed by atoms with E-state index in [4.69, 9.17) is 0 Å². The van der Waals surface area contributed by atoms with Gasteiger partial charge in [0.2, 0.25) is 0 Å². The first kappa shape index (κ1) is 13.0. The Balaban J connectivity index is 2.63. The van der Waals surface area contributed by atoms with Gasteiger partial charge in [-0.1, -0.05) is 31.5 Å². The van der Waals surface area contributed by atoms with E-state index in [2.05, 4.69) is 19.2 Å². The van der Waals surface area contributed by atoms with Crippen LogP contribution in [0.2, 0.25) is 0 Å². The number of aromatic hydroxyl groups is 1. The maximum Gasteiger partial charge on any atom is 0.120 e. The highest BCUT2D eigenvalue weighted by atomic mass is 16.3. The molecule has 0 amide bonds. The largest absolute Gasteiger partial charge is 0.508 e. The molecule has 1 atom stereocenters. The van der Waals surface area contributed by atoms with Gasteiger partial charge in [0, 0.05) is 18.2 Å². The molecule has 0 aliphatic heterocycles. The van der Waals surface area contributed by atoms with Crippen molar-refractivity contribution in [1.82, 2.24) is 5.32 Å². The van der Waals surface area contributed by atoms with Gasteiger partial charge in [-0.05, 0) is 18.9 Å². The van der Waals surface area contributed by atoms with Gasteiger partial charge in [0.15, 0.2) is 0 Å². The lowest BCUT2D eigenvalue weighted by Gasteiger charge is -2.20. The summed E-state index contributed by atoms with van der Waals surface area (Å²) in [7, 11) is 0. The molecule has 1 rings (SSSR count). The lowest BCUT2D eigenvalue weighted by atomic mass is 10.0. The number of phenols is 1. The molecule has 3 N–H and O–H groups in total. The highest BCUT2D eigenvalue weighted by molar-refractivity contribution is 5.35. The van der Waals surface area contributed by atoms with Gasteiger partial charge < -0.3 is 15.5 Å². The van der Waals surface area contributed by atoms with Crippen LogP contribution in [0.15, 0.2) is 18.2 Å². The smallest absolute Gasteiger partial charge is 0.120 e. The molecule has 1 aromatic rings. The van der Waals surface area contributed by atoms with E-state index in [0.29, 0.717) is 18.2 Å². The van der Waals surface area contributed by atoms with Crippen LogP contribution in [0.3, 0.4) is 0 Å². The maximum atomic E-state index is 9.66. The maximum absolute atomic E-state index is 9.66. The molecule has 1 aromatic carbocycles. The molecule has 0 saturated heterocycles. The van der Waals surface area contributed by atoms with Crippen molar-refractivity contribution in [2.24, 2.45) is 5.92 Å². The van der Waals surface area contributed by atoms with Gasteiger partial charge in [0.05, 0.1) is 6.61 Å². The van der Waals surface area contributed by atoms with Gasteiger partial charge in [-0.15, -0.1) is 0 Å². The Bertz CT molecular complexity index is 337. The first-order chi connectivity index (χ1) is 7.54. The van der Waals surface area contributed by atoms with Crippen molar-refractivity contribution >= 4 is 0 Å². The third kappa shape index (κ3) is 3.51. The molecule has 0 aliphatic carbocycles. The summed E-state index contributed by atoms with van der Waals surface area (Å²) in [5, 5.41) is 22.1. The minimum atomic E-state index is 0.0694. The summed E-state index contributed by atoms with van der Waals surface area (Å²) in [6.07, 6.45) is 0. The first-order valence-electron chi connectivity index (χ1n) is 5.67. The van der Waals surface area contributed by atoms with Crippen LogP contribution in [-0.4, -0.2) is 22.9 Å². The zero-order valence-corrected chi connectivity index (χ0v) is 10.2. The fraction of sp³-hybridized carbons (Fsp3) is 0.538. The zero-order chi connectivity index (χ0) is 12.1. The fourth-order valence-electron chi connectivity index (χ4n) is 1.61. The van der Waals surface area contributed by atoms with Crippen LogP contribution < -0.4 is 5.32 Å².